The van der Waals surface area contributed by atoms with Crippen molar-refractivity contribution in [1.29, 1.82) is 0 Å². The highest BCUT2D eigenvalue weighted by atomic mass is 16.5. The van der Waals surface area contributed by atoms with E-state index in [0.29, 0.717) is 6.42 Å². The normalized spacial score (nSPS) is 12.6. The number of aryl methyl sites for hydroxylation is 1. The molecule has 154 valence electrons. The van der Waals surface area contributed by atoms with Crippen LogP contribution < -0.4 is 9.47 Å². The number of hydrogen-bond donors (Lipinski definition) is 1. The fourth-order valence-corrected chi connectivity index (χ4v) is 2.84. The first-order valence-electron chi connectivity index (χ1n) is 9.74. The summed E-state index contributed by atoms with van der Waals surface area (Å²) >= 11 is 0. The molecule has 0 fully saturated rings. The summed E-state index contributed by atoms with van der Waals surface area (Å²) in [5.74, 6) is 7.71. The van der Waals surface area contributed by atoms with Gasteiger partial charge in [0, 0.05) is 12.0 Å². The maximum absolute atomic E-state index is 10.2. The second-order valence-corrected chi connectivity index (χ2v) is 7.07. The van der Waals surface area contributed by atoms with E-state index in [1.54, 1.807) is 7.11 Å². The van der Waals surface area contributed by atoms with E-state index < -0.39 is 6.10 Å². The summed E-state index contributed by atoms with van der Waals surface area (Å²) in [6.45, 7) is 9.86. The zero-order valence-corrected chi connectivity index (χ0v) is 17.6. The maximum Gasteiger partial charge on any atom is 0.149 e. The lowest BCUT2D eigenvalue weighted by Crippen LogP contribution is -2.31. The second-order valence-electron chi connectivity index (χ2n) is 7.07. The summed E-state index contributed by atoms with van der Waals surface area (Å²) in [6, 6.07) is 13.6. The number of methoxy groups -OCH3 is 1. The molecule has 2 aromatic carbocycles. The molecule has 29 heavy (non-hydrogen) atoms. The Kier molecular flexibility index (Phi) is 8.79. The third-order valence-corrected chi connectivity index (χ3v) is 4.38. The van der Waals surface area contributed by atoms with Crippen molar-refractivity contribution in [1.82, 2.24) is 0 Å². The lowest BCUT2D eigenvalue weighted by atomic mass is 10.0. The Hall–Kier alpha value is -2.74. The monoisotopic (exact) mass is 394 g/mol. The highest BCUT2D eigenvalue weighted by molar-refractivity contribution is 5.39. The van der Waals surface area contributed by atoms with Gasteiger partial charge < -0.3 is 19.3 Å². The molecule has 2 atom stereocenters. The van der Waals surface area contributed by atoms with Crippen molar-refractivity contribution in [2.45, 2.75) is 45.5 Å². The van der Waals surface area contributed by atoms with Gasteiger partial charge in [0.25, 0.3) is 0 Å². The molecule has 4 nitrogen and oxygen atoms in total. The summed E-state index contributed by atoms with van der Waals surface area (Å²) < 4.78 is 16.9. The molecule has 2 rings (SSSR count). The van der Waals surface area contributed by atoms with Gasteiger partial charge in [0.15, 0.2) is 0 Å². The molecule has 0 aliphatic carbocycles. The van der Waals surface area contributed by atoms with Crippen LogP contribution in [0.15, 0.2) is 55.1 Å². The summed E-state index contributed by atoms with van der Waals surface area (Å²) in [5.41, 5.74) is 2.97. The van der Waals surface area contributed by atoms with Gasteiger partial charge in [-0.1, -0.05) is 30.0 Å². The summed E-state index contributed by atoms with van der Waals surface area (Å²) in [4.78, 5) is 0. The molecule has 0 amide bonds. The predicted molar refractivity (Wildman–Crippen MR) is 116 cm³/mol. The van der Waals surface area contributed by atoms with Gasteiger partial charge in [-0.25, -0.2) is 0 Å². The summed E-state index contributed by atoms with van der Waals surface area (Å²) in [7, 11) is 1.64. The van der Waals surface area contributed by atoms with Crippen molar-refractivity contribution < 1.29 is 19.3 Å². The quantitative estimate of drug-likeness (QED) is 0.508. The standard InChI is InChI=1S/C25H30O4/c1-6-23(26)25(29-18(2)3)17-21-10-9-19(4)24(16-21)28-15-7-8-20-11-13-22(27-5)14-12-20/h6,9-14,16,18,23,25-26H,1,15,17H2,2-5H3. The first-order valence-corrected chi connectivity index (χ1v) is 9.74. The molecule has 0 aliphatic rings. The van der Waals surface area contributed by atoms with E-state index in [2.05, 4.69) is 18.4 Å². The highest BCUT2D eigenvalue weighted by Gasteiger charge is 2.19. The first-order chi connectivity index (χ1) is 13.9. The summed E-state index contributed by atoms with van der Waals surface area (Å²) in [5, 5.41) is 10.2. The van der Waals surface area contributed by atoms with Crippen molar-refractivity contribution >= 4 is 0 Å². The van der Waals surface area contributed by atoms with E-state index in [1.807, 2.05) is 63.2 Å². The Labute approximate surface area is 174 Å². The van der Waals surface area contributed by atoms with Gasteiger partial charge >= 0.3 is 0 Å². The van der Waals surface area contributed by atoms with E-state index >= 15 is 0 Å². The van der Waals surface area contributed by atoms with Crippen LogP contribution in [0.5, 0.6) is 11.5 Å². The highest BCUT2D eigenvalue weighted by Crippen LogP contribution is 2.22. The molecule has 0 aliphatic heterocycles. The zero-order chi connectivity index (χ0) is 21.2. The van der Waals surface area contributed by atoms with Crippen LogP contribution in [0.1, 0.15) is 30.5 Å². The first kappa shape index (κ1) is 22.5. The fraction of sp³-hybridized carbons (Fsp3) is 0.360. The predicted octanol–water partition coefficient (Wildman–Crippen LogP) is 4.32. The Bertz CT molecular complexity index is 843. The molecule has 1 N–H and O–H groups in total. The molecule has 2 unspecified atom stereocenters. The van der Waals surface area contributed by atoms with Crippen molar-refractivity contribution in [3.63, 3.8) is 0 Å². The fourth-order valence-electron chi connectivity index (χ4n) is 2.84. The zero-order valence-electron chi connectivity index (χ0n) is 17.6. The lowest BCUT2D eigenvalue weighted by molar-refractivity contribution is -0.0474. The molecular formula is C25H30O4. The molecule has 0 heterocycles. The van der Waals surface area contributed by atoms with Gasteiger partial charge in [-0.2, -0.15) is 0 Å². The molecule has 0 spiro atoms. The second kappa shape index (κ2) is 11.3. The Morgan fingerprint density at radius 2 is 1.86 bits per heavy atom. The number of aliphatic hydroxyl groups is 1. The maximum atomic E-state index is 10.2. The van der Waals surface area contributed by atoms with Crippen molar-refractivity contribution in [2.24, 2.45) is 0 Å². The van der Waals surface area contributed by atoms with Crippen LogP contribution in [0.25, 0.3) is 0 Å². The van der Waals surface area contributed by atoms with Crippen LogP contribution in [0.4, 0.5) is 0 Å². The Morgan fingerprint density at radius 3 is 2.48 bits per heavy atom. The molecule has 0 aromatic heterocycles. The third-order valence-electron chi connectivity index (χ3n) is 4.38. The van der Waals surface area contributed by atoms with Crippen LogP contribution in [0, 0.1) is 18.8 Å². The molecular weight excluding hydrogens is 364 g/mol. The third kappa shape index (κ3) is 7.30. The molecule has 0 saturated heterocycles. The molecule has 2 aromatic rings. The van der Waals surface area contributed by atoms with Crippen molar-refractivity contribution in [2.75, 3.05) is 13.7 Å². The minimum atomic E-state index is -0.724. The van der Waals surface area contributed by atoms with E-state index in [4.69, 9.17) is 14.2 Å². The average molecular weight is 395 g/mol. The number of benzene rings is 2. The number of hydrogen-bond acceptors (Lipinski definition) is 4. The Balaban J connectivity index is 2.02. The van der Waals surface area contributed by atoms with Gasteiger partial charge in [-0.3, -0.25) is 0 Å². The number of aliphatic hydroxyl groups excluding tert-OH is 1. The minimum Gasteiger partial charge on any atom is -0.497 e. The van der Waals surface area contributed by atoms with E-state index in [0.717, 1.165) is 28.2 Å². The number of rotatable bonds is 9. The van der Waals surface area contributed by atoms with Crippen LogP contribution in [0.2, 0.25) is 0 Å². The summed E-state index contributed by atoms with van der Waals surface area (Å²) in [6.07, 6.45) is 1.02. The van der Waals surface area contributed by atoms with Gasteiger partial charge in [0.2, 0.25) is 0 Å². The van der Waals surface area contributed by atoms with E-state index in [9.17, 15) is 5.11 Å². The van der Waals surface area contributed by atoms with E-state index in [1.165, 1.54) is 6.08 Å². The SMILES string of the molecule is C=CC(O)C(Cc1ccc(C)c(OCC#Cc2ccc(OC)cc2)c1)OC(C)C. The van der Waals surface area contributed by atoms with Crippen molar-refractivity contribution in [3.8, 4) is 23.3 Å². The molecule has 4 heteroatoms. The molecule has 0 saturated carbocycles. The number of ether oxygens (including phenoxy) is 3. The van der Waals surface area contributed by atoms with Gasteiger partial charge in [-0.15, -0.1) is 6.58 Å². The minimum absolute atomic E-state index is 0.0176. The van der Waals surface area contributed by atoms with Gasteiger partial charge in [-0.05, 0) is 62.2 Å². The topological polar surface area (TPSA) is 47.9 Å². The van der Waals surface area contributed by atoms with Crippen molar-refractivity contribution in [3.05, 3.63) is 71.8 Å². The Morgan fingerprint density at radius 1 is 1.14 bits per heavy atom. The van der Waals surface area contributed by atoms with Gasteiger partial charge in [0.1, 0.15) is 18.1 Å². The van der Waals surface area contributed by atoms with E-state index in [-0.39, 0.29) is 18.8 Å². The molecule has 0 bridgehead atoms. The molecule has 0 radical (unpaired) electrons. The average Bonchev–Trinajstić information content (AvgIpc) is 2.72. The van der Waals surface area contributed by atoms with Crippen LogP contribution in [-0.2, 0) is 11.2 Å². The van der Waals surface area contributed by atoms with Crippen LogP contribution in [-0.4, -0.2) is 37.1 Å². The lowest BCUT2D eigenvalue weighted by Gasteiger charge is -2.24. The van der Waals surface area contributed by atoms with Gasteiger partial charge in [0.05, 0.1) is 25.4 Å². The smallest absolute Gasteiger partial charge is 0.149 e. The van der Waals surface area contributed by atoms with Crippen LogP contribution in [0.3, 0.4) is 0 Å². The largest absolute Gasteiger partial charge is 0.497 e. The van der Waals surface area contributed by atoms with Crippen LogP contribution >= 0.6 is 0 Å².